The van der Waals surface area contributed by atoms with E-state index in [0.717, 1.165) is 11.9 Å². The van der Waals surface area contributed by atoms with Crippen LogP contribution in [0.4, 0.5) is 0 Å². The molecule has 0 unspecified atom stereocenters. The van der Waals surface area contributed by atoms with Gasteiger partial charge < -0.3 is 3.79 Å². The maximum Gasteiger partial charge on any atom is 0.591 e. The van der Waals surface area contributed by atoms with Gasteiger partial charge in [-0.2, -0.15) is 0 Å². The molecule has 1 nitrogen and oxygen atoms in total. The highest BCUT2D eigenvalue weighted by atomic mass is 35.6. The van der Waals surface area contributed by atoms with E-state index in [1.54, 1.807) is 0 Å². The van der Waals surface area contributed by atoms with Gasteiger partial charge in [0, 0.05) is 6.61 Å². The zero-order chi connectivity index (χ0) is 18.6. The first-order valence-corrected chi connectivity index (χ1v) is 14.5. The summed E-state index contributed by atoms with van der Waals surface area (Å²) in [5, 5.41) is 1.10. The van der Waals surface area contributed by atoms with E-state index in [1.165, 1.54) is 103 Å². The molecule has 0 aliphatic heterocycles. The van der Waals surface area contributed by atoms with E-state index in [1.807, 2.05) is 0 Å². The van der Waals surface area contributed by atoms with E-state index in [2.05, 4.69) is 20.8 Å². The number of rotatable bonds is 20. The highest BCUT2D eigenvalue weighted by Gasteiger charge is 2.18. The highest BCUT2D eigenvalue weighted by molar-refractivity contribution is 7.03. The highest BCUT2D eigenvalue weighted by Crippen LogP contribution is 2.14. The smallest absolute Gasteiger partial charge is 0.489 e. The van der Waals surface area contributed by atoms with E-state index in [0.29, 0.717) is 5.92 Å². The van der Waals surface area contributed by atoms with Crippen molar-refractivity contribution in [1.29, 1.82) is 0 Å². The molecular formula is C22H46AlClO. The Hall–Kier alpha value is 0.782. The molecule has 0 aromatic carbocycles. The Morgan fingerprint density at radius 1 is 0.640 bits per heavy atom. The molecule has 25 heavy (non-hydrogen) atoms. The molecular weight excluding hydrogens is 343 g/mol. The van der Waals surface area contributed by atoms with Gasteiger partial charge in [-0.15, -0.1) is 0 Å². The van der Waals surface area contributed by atoms with E-state index < -0.39 is 13.6 Å². The average molecular weight is 389 g/mol. The fraction of sp³-hybridized carbons (Fsp3) is 1.00. The van der Waals surface area contributed by atoms with Gasteiger partial charge in [0.15, 0.2) is 0 Å². The number of halogens is 1. The van der Waals surface area contributed by atoms with Crippen LogP contribution in [-0.4, -0.2) is 20.2 Å². The SMILES string of the molecule is CCCCCCCCCCCCCCCCCC[O][Al]([Cl])[CH2]C(C)C. The summed E-state index contributed by atoms with van der Waals surface area (Å²) in [6.45, 7) is 7.63. The second-order valence-electron chi connectivity index (χ2n) is 8.21. The number of hydrogen-bond donors (Lipinski definition) is 0. The predicted molar refractivity (Wildman–Crippen MR) is 117 cm³/mol. The lowest BCUT2D eigenvalue weighted by atomic mass is 10.0. The Morgan fingerprint density at radius 2 is 1.00 bits per heavy atom. The van der Waals surface area contributed by atoms with Crippen LogP contribution >= 0.6 is 10.0 Å². The van der Waals surface area contributed by atoms with Crippen molar-refractivity contribution in [3.05, 3.63) is 0 Å². The number of hydrogen-bond acceptors (Lipinski definition) is 1. The molecule has 0 aliphatic rings. The summed E-state index contributed by atoms with van der Waals surface area (Å²) in [6.07, 6.45) is 22.7. The summed E-state index contributed by atoms with van der Waals surface area (Å²) in [5.41, 5.74) is 0. The van der Waals surface area contributed by atoms with Crippen LogP contribution < -0.4 is 0 Å². The normalized spacial score (nSPS) is 11.4. The van der Waals surface area contributed by atoms with Gasteiger partial charge in [0.1, 0.15) is 0 Å². The van der Waals surface area contributed by atoms with E-state index in [9.17, 15) is 0 Å². The minimum Gasteiger partial charge on any atom is -0.489 e. The second-order valence-corrected chi connectivity index (χ2v) is 11.3. The Bertz CT molecular complexity index is 248. The zero-order valence-electron chi connectivity index (χ0n) is 17.7. The first-order chi connectivity index (χ1) is 12.2. The predicted octanol–water partition coefficient (Wildman–Crippen LogP) is 8.65. The van der Waals surface area contributed by atoms with Crippen LogP contribution in [0.2, 0.25) is 5.28 Å². The molecule has 0 N–H and O–H groups in total. The molecule has 0 spiro atoms. The van der Waals surface area contributed by atoms with Gasteiger partial charge in [-0.05, 0) is 6.42 Å². The molecule has 0 amide bonds. The van der Waals surface area contributed by atoms with Gasteiger partial charge in [-0.1, -0.05) is 128 Å². The standard InChI is InChI=1S/C18H37O.C4H9.Al.ClH/c1-2-3-4-5-6-7-8-9-10-11-12-13-14-15-16-17-18-19;1-4(2)3;;/h2-18H2,1H3;4H,1H2,2-3H3;;1H/q-1;;+2;/p-1. The van der Waals surface area contributed by atoms with Crippen molar-refractivity contribution in [1.82, 2.24) is 0 Å². The molecule has 0 radical (unpaired) electrons. The molecule has 0 saturated heterocycles. The van der Waals surface area contributed by atoms with Crippen LogP contribution in [0.15, 0.2) is 0 Å². The Labute approximate surface area is 168 Å². The van der Waals surface area contributed by atoms with Gasteiger partial charge in [0.25, 0.3) is 0 Å². The molecule has 0 rings (SSSR count). The zero-order valence-corrected chi connectivity index (χ0v) is 19.6. The third kappa shape index (κ3) is 22.7. The van der Waals surface area contributed by atoms with Crippen LogP contribution in [0.3, 0.4) is 0 Å². The fourth-order valence-corrected chi connectivity index (χ4v) is 5.94. The average Bonchev–Trinajstić information content (AvgIpc) is 2.57. The lowest BCUT2D eigenvalue weighted by Crippen LogP contribution is -2.13. The van der Waals surface area contributed by atoms with Gasteiger partial charge in [-0.3, -0.25) is 0 Å². The van der Waals surface area contributed by atoms with Crippen molar-refractivity contribution in [3.63, 3.8) is 0 Å². The minimum absolute atomic E-state index is 0.681. The summed E-state index contributed by atoms with van der Waals surface area (Å²) in [5.74, 6) is 0.681. The van der Waals surface area contributed by atoms with Gasteiger partial charge in [0.2, 0.25) is 0 Å². The van der Waals surface area contributed by atoms with Crippen molar-refractivity contribution in [2.45, 2.75) is 129 Å². The lowest BCUT2D eigenvalue weighted by molar-refractivity contribution is 0.312. The molecule has 0 aliphatic carbocycles. The van der Waals surface area contributed by atoms with E-state index in [4.69, 9.17) is 13.8 Å². The molecule has 3 heteroatoms. The summed E-state index contributed by atoms with van der Waals surface area (Å²) in [6, 6.07) is 0. The third-order valence-electron chi connectivity index (χ3n) is 4.95. The molecule has 150 valence electrons. The van der Waals surface area contributed by atoms with Crippen molar-refractivity contribution >= 4 is 23.6 Å². The van der Waals surface area contributed by atoms with E-state index in [-0.39, 0.29) is 0 Å². The molecule has 0 atom stereocenters. The summed E-state index contributed by atoms with van der Waals surface area (Å²) < 4.78 is 5.78. The second kappa shape index (κ2) is 21.1. The van der Waals surface area contributed by atoms with E-state index >= 15 is 0 Å². The molecule has 0 aromatic heterocycles. The Morgan fingerprint density at radius 3 is 1.36 bits per heavy atom. The summed E-state index contributed by atoms with van der Waals surface area (Å²) in [7, 11) is 6.26. The number of unbranched alkanes of at least 4 members (excludes halogenated alkanes) is 15. The van der Waals surface area contributed by atoms with Crippen molar-refractivity contribution in [3.8, 4) is 0 Å². The monoisotopic (exact) mass is 388 g/mol. The molecule has 0 fully saturated rings. The first kappa shape index (κ1) is 25.8. The molecule has 0 bridgehead atoms. The van der Waals surface area contributed by atoms with Crippen LogP contribution in [0, 0.1) is 5.92 Å². The summed E-state index contributed by atoms with van der Waals surface area (Å²) in [4.78, 5) is 0. The quantitative estimate of drug-likeness (QED) is 0.150. The van der Waals surface area contributed by atoms with Crippen molar-refractivity contribution in [2.75, 3.05) is 6.61 Å². The topological polar surface area (TPSA) is 9.23 Å². The van der Waals surface area contributed by atoms with Crippen LogP contribution in [0.25, 0.3) is 0 Å². The lowest BCUT2D eigenvalue weighted by Gasteiger charge is -2.09. The van der Waals surface area contributed by atoms with Crippen molar-refractivity contribution < 1.29 is 3.79 Å². The third-order valence-corrected chi connectivity index (χ3v) is 7.78. The Balaban J connectivity index is 3.05. The van der Waals surface area contributed by atoms with Crippen LogP contribution in [0.5, 0.6) is 0 Å². The van der Waals surface area contributed by atoms with Gasteiger partial charge in [0.05, 0.1) is 0 Å². The maximum atomic E-state index is 6.26. The molecule has 0 saturated carbocycles. The summed E-state index contributed by atoms with van der Waals surface area (Å²) >= 11 is -1.38. The van der Waals surface area contributed by atoms with Crippen LogP contribution in [-0.2, 0) is 3.79 Å². The van der Waals surface area contributed by atoms with Crippen LogP contribution in [0.1, 0.15) is 124 Å². The minimum atomic E-state index is -1.38. The van der Waals surface area contributed by atoms with Gasteiger partial charge in [-0.25, -0.2) is 10.0 Å². The van der Waals surface area contributed by atoms with Crippen molar-refractivity contribution in [2.24, 2.45) is 5.92 Å². The maximum absolute atomic E-state index is 6.26. The fourth-order valence-electron chi connectivity index (χ4n) is 3.30. The molecule has 0 aromatic rings. The Kier molecular flexibility index (Phi) is 21.7. The molecule has 0 heterocycles. The first-order valence-electron chi connectivity index (χ1n) is 11.4. The van der Waals surface area contributed by atoms with Gasteiger partial charge >= 0.3 is 13.6 Å². The largest absolute Gasteiger partial charge is 0.591 e.